The van der Waals surface area contributed by atoms with Gasteiger partial charge in [0.1, 0.15) is 5.58 Å². The number of rotatable bonds is 4. The van der Waals surface area contributed by atoms with Gasteiger partial charge in [-0.3, -0.25) is 0 Å². The molecule has 0 bridgehead atoms. The van der Waals surface area contributed by atoms with Crippen LogP contribution in [0, 0.1) is 0 Å². The molecule has 0 N–H and O–H groups in total. The Morgan fingerprint density at radius 3 is 1.45 bits per heavy atom. The lowest BCUT2D eigenvalue weighted by molar-refractivity contribution is 0.660. The summed E-state index contributed by atoms with van der Waals surface area (Å²) in [5.74, 6) is 0. The first-order chi connectivity index (χ1) is 30.3. The van der Waals surface area contributed by atoms with E-state index in [1.807, 2.05) is 0 Å². The van der Waals surface area contributed by atoms with Gasteiger partial charge in [0, 0.05) is 38.4 Å². The Morgan fingerprint density at radius 2 is 0.806 bits per heavy atom. The zero-order chi connectivity index (χ0) is 41.5. The number of hydrogen-bond acceptors (Lipinski definition) is 2. The van der Waals surface area contributed by atoms with Crippen molar-refractivity contribution in [3.05, 3.63) is 210 Å². The molecule has 62 heavy (non-hydrogen) atoms. The van der Waals surface area contributed by atoms with Crippen LogP contribution in [-0.2, 0) is 10.8 Å². The van der Waals surface area contributed by atoms with Crippen molar-refractivity contribution < 1.29 is 4.42 Å². The Bertz CT molecular complexity index is 3600. The number of hydrogen-bond donors (Lipinski definition) is 0. The fourth-order valence-corrected chi connectivity index (χ4v) is 11.4. The standard InChI is InChI=1S/C60H43NO/c1-59(2)50-26-13-11-21-43(50)45-30-28-37(34-52(45)59)61(38-29-31-46-44-22-12-14-27-51(44)60(3,4)53(46)35-38)54-33-32-48(40-25-15-17-36-16-5-6-18-39(36)40)56-55-47-23-9-7-19-41(47)42-20-8-10-24-49(42)57(55)62-58(54)56/h5-35H,1-4H3. The van der Waals surface area contributed by atoms with Crippen LogP contribution in [0.25, 0.3) is 87.6 Å². The lowest BCUT2D eigenvalue weighted by atomic mass is 9.82. The average Bonchev–Trinajstić information content (AvgIpc) is 3.90. The first-order valence-electron chi connectivity index (χ1n) is 21.8. The van der Waals surface area contributed by atoms with Gasteiger partial charge in [0.05, 0.1) is 5.69 Å². The van der Waals surface area contributed by atoms with E-state index in [-0.39, 0.29) is 10.8 Å². The maximum atomic E-state index is 7.53. The molecule has 10 aromatic carbocycles. The number of anilines is 3. The van der Waals surface area contributed by atoms with Crippen molar-refractivity contribution >= 4 is 71.3 Å². The average molecular weight is 794 g/mol. The van der Waals surface area contributed by atoms with E-state index in [1.54, 1.807) is 0 Å². The van der Waals surface area contributed by atoms with E-state index in [1.165, 1.54) is 77.0 Å². The SMILES string of the molecule is CC1(C)c2ccccc2-c2ccc(N(c3ccc4c(c3)C(C)(C)c3ccccc3-4)c3ccc(-c4cccc5ccccc45)c4c3oc3c5ccccc5c5ccccc5c34)cc21. The molecule has 0 fully saturated rings. The molecule has 1 heterocycles. The Morgan fingerprint density at radius 1 is 0.339 bits per heavy atom. The monoisotopic (exact) mass is 793 g/mol. The van der Waals surface area contributed by atoms with Crippen molar-refractivity contribution in [2.75, 3.05) is 4.90 Å². The molecule has 0 amide bonds. The quantitative estimate of drug-likeness (QED) is 0.165. The molecule has 0 saturated heterocycles. The normalized spacial score (nSPS) is 14.4. The minimum atomic E-state index is -0.167. The summed E-state index contributed by atoms with van der Waals surface area (Å²) in [5, 5.41) is 9.45. The zero-order valence-electron chi connectivity index (χ0n) is 35.3. The van der Waals surface area contributed by atoms with Crippen LogP contribution >= 0.6 is 0 Å². The molecule has 11 aromatic rings. The molecule has 13 rings (SSSR count). The van der Waals surface area contributed by atoms with Crippen LogP contribution in [-0.4, -0.2) is 0 Å². The van der Waals surface area contributed by atoms with Gasteiger partial charge in [-0.25, -0.2) is 0 Å². The molecule has 0 aliphatic heterocycles. The molecule has 2 aliphatic carbocycles. The topological polar surface area (TPSA) is 16.4 Å². The third-order valence-corrected chi connectivity index (χ3v) is 14.4. The molecule has 0 radical (unpaired) electrons. The largest absolute Gasteiger partial charge is 0.453 e. The number of furan rings is 1. The smallest absolute Gasteiger partial charge is 0.160 e. The van der Waals surface area contributed by atoms with Crippen molar-refractivity contribution in [2.45, 2.75) is 38.5 Å². The number of nitrogens with zero attached hydrogens (tertiary/aromatic N) is 1. The van der Waals surface area contributed by atoms with E-state index in [0.717, 1.165) is 50.0 Å². The van der Waals surface area contributed by atoms with Crippen LogP contribution in [0.5, 0.6) is 0 Å². The minimum absolute atomic E-state index is 0.167. The molecular formula is C60H43NO. The van der Waals surface area contributed by atoms with E-state index in [2.05, 4.69) is 221 Å². The van der Waals surface area contributed by atoms with Gasteiger partial charge in [0.15, 0.2) is 5.58 Å². The molecule has 294 valence electrons. The zero-order valence-corrected chi connectivity index (χ0v) is 35.3. The van der Waals surface area contributed by atoms with Crippen LogP contribution in [0.4, 0.5) is 17.1 Å². The summed E-state index contributed by atoms with van der Waals surface area (Å²) < 4.78 is 7.53. The fraction of sp³-hybridized carbons (Fsp3) is 0.100. The van der Waals surface area contributed by atoms with Gasteiger partial charge < -0.3 is 9.32 Å². The molecule has 0 atom stereocenters. The highest BCUT2D eigenvalue weighted by Gasteiger charge is 2.38. The van der Waals surface area contributed by atoms with Crippen molar-refractivity contribution in [2.24, 2.45) is 0 Å². The molecule has 2 aliphatic rings. The molecule has 0 spiro atoms. The Kier molecular flexibility index (Phi) is 7.16. The summed E-state index contributed by atoms with van der Waals surface area (Å²) >= 11 is 0. The Balaban J connectivity index is 1.16. The van der Waals surface area contributed by atoms with E-state index in [9.17, 15) is 0 Å². The maximum Gasteiger partial charge on any atom is 0.160 e. The van der Waals surface area contributed by atoms with Gasteiger partial charge in [-0.15, -0.1) is 0 Å². The number of fused-ring (bicyclic) bond motifs is 15. The van der Waals surface area contributed by atoms with Crippen LogP contribution in [0.3, 0.4) is 0 Å². The lowest BCUT2D eigenvalue weighted by Crippen LogP contribution is -2.18. The Labute approximate surface area is 361 Å². The molecule has 1 aromatic heterocycles. The van der Waals surface area contributed by atoms with Crippen LogP contribution in [0.2, 0.25) is 0 Å². The number of benzene rings is 10. The first-order valence-corrected chi connectivity index (χ1v) is 21.8. The second kappa shape index (κ2) is 12.6. The van der Waals surface area contributed by atoms with E-state index in [4.69, 9.17) is 4.42 Å². The summed E-state index contributed by atoms with van der Waals surface area (Å²) in [5.41, 5.74) is 17.7. The summed E-state index contributed by atoms with van der Waals surface area (Å²) in [7, 11) is 0. The highest BCUT2D eigenvalue weighted by Crippen LogP contribution is 2.55. The molecule has 2 nitrogen and oxygen atoms in total. The predicted molar refractivity (Wildman–Crippen MR) is 261 cm³/mol. The second-order valence-electron chi connectivity index (χ2n) is 18.4. The summed E-state index contributed by atoms with van der Waals surface area (Å²) in [6, 6.07) is 69.7. The molecule has 0 unspecified atom stereocenters. The maximum absolute atomic E-state index is 7.53. The minimum Gasteiger partial charge on any atom is -0.453 e. The van der Waals surface area contributed by atoms with Crippen molar-refractivity contribution in [1.29, 1.82) is 0 Å². The van der Waals surface area contributed by atoms with Crippen LogP contribution in [0.1, 0.15) is 49.9 Å². The second-order valence-corrected chi connectivity index (χ2v) is 18.4. The highest BCUT2D eigenvalue weighted by atomic mass is 16.3. The van der Waals surface area contributed by atoms with Crippen molar-refractivity contribution in [3.8, 4) is 33.4 Å². The van der Waals surface area contributed by atoms with Gasteiger partial charge in [-0.05, 0) is 113 Å². The summed E-state index contributed by atoms with van der Waals surface area (Å²) in [4.78, 5) is 2.47. The third-order valence-electron chi connectivity index (χ3n) is 14.4. The van der Waals surface area contributed by atoms with E-state index >= 15 is 0 Å². The summed E-state index contributed by atoms with van der Waals surface area (Å²) in [6.07, 6.45) is 0. The third kappa shape index (κ3) is 4.70. The molecular weight excluding hydrogens is 751 g/mol. The van der Waals surface area contributed by atoms with Crippen molar-refractivity contribution in [1.82, 2.24) is 0 Å². The van der Waals surface area contributed by atoms with Crippen LogP contribution < -0.4 is 4.90 Å². The lowest BCUT2D eigenvalue weighted by Gasteiger charge is -2.30. The first kappa shape index (κ1) is 35.3. The fourth-order valence-electron chi connectivity index (χ4n) is 11.4. The van der Waals surface area contributed by atoms with E-state index in [0.29, 0.717) is 0 Å². The highest BCUT2D eigenvalue weighted by molar-refractivity contribution is 6.33. The predicted octanol–water partition coefficient (Wildman–Crippen LogP) is 16.8. The van der Waals surface area contributed by atoms with Gasteiger partial charge >= 0.3 is 0 Å². The molecule has 0 saturated carbocycles. The van der Waals surface area contributed by atoms with Gasteiger partial charge in [0.25, 0.3) is 0 Å². The van der Waals surface area contributed by atoms with Gasteiger partial charge in [0.2, 0.25) is 0 Å². The Hall–Kier alpha value is -7.42. The van der Waals surface area contributed by atoms with Crippen molar-refractivity contribution in [3.63, 3.8) is 0 Å². The summed E-state index contributed by atoms with van der Waals surface area (Å²) in [6.45, 7) is 9.47. The van der Waals surface area contributed by atoms with E-state index < -0.39 is 0 Å². The van der Waals surface area contributed by atoms with Crippen LogP contribution in [0.15, 0.2) is 192 Å². The van der Waals surface area contributed by atoms with Gasteiger partial charge in [-0.1, -0.05) is 185 Å². The molecule has 2 heteroatoms. The van der Waals surface area contributed by atoms with Gasteiger partial charge in [-0.2, -0.15) is 0 Å².